The second-order valence-corrected chi connectivity index (χ2v) is 6.90. The number of aryl methyl sites for hydroxylation is 1. The molecule has 0 spiro atoms. The molecule has 0 amide bonds. The third kappa shape index (κ3) is 3.83. The lowest BCUT2D eigenvalue weighted by Crippen LogP contribution is -2.30. The molecule has 0 saturated heterocycles. The van der Waals surface area contributed by atoms with Crippen molar-refractivity contribution in [1.82, 2.24) is 0 Å². The zero-order valence-corrected chi connectivity index (χ0v) is 12.3. The summed E-state index contributed by atoms with van der Waals surface area (Å²) in [5, 5.41) is 9.56. The highest BCUT2D eigenvalue weighted by molar-refractivity contribution is 5.15. The van der Waals surface area contributed by atoms with Crippen LogP contribution in [0.3, 0.4) is 0 Å². The number of hydrogen-bond acceptors (Lipinski definition) is 1. The van der Waals surface area contributed by atoms with Gasteiger partial charge in [0.15, 0.2) is 0 Å². The summed E-state index contributed by atoms with van der Waals surface area (Å²) in [6, 6.07) is 13.3. The fraction of sp³-hybridized carbons (Fsp3) is 0.611. The Kier molecular flexibility index (Phi) is 4.30. The molecule has 0 radical (unpaired) electrons. The molecule has 0 heterocycles. The van der Waals surface area contributed by atoms with Crippen molar-refractivity contribution in [2.24, 2.45) is 10.8 Å². The molecule has 0 unspecified atom stereocenters. The van der Waals surface area contributed by atoms with E-state index in [1.54, 1.807) is 0 Å². The minimum atomic E-state index is -0.0374. The van der Waals surface area contributed by atoms with Crippen molar-refractivity contribution in [3.8, 4) is 6.07 Å². The molecular formula is C18H25N. The van der Waals surface area contributed by atoms with E-state index in [1.165, 1.54) is 18.4 Å². The van der Waals surface area contributed by atoms with Crippen LogP contribution in [0.5, 0.6) is 0 Å². The topological polar surface area (TPSA) is 23.8 Å². The largest absolute Gasteiger partial charge is 0.198 e. The van der Waals surface area contributed by atoms with Crippen LogP contribution in [0.25, 0.3) is 0 Å². The maximum absolute atomic E-state index is 9.56. The summed E-state index contributed by atoms with van der Waals surface area (Å²) < 4.78 is 0. The molecule has 0 N–H and O–H groups in total. The first-order valence-corrected chi connectivity index (χ1v) is 7.51. The average Bonchev–Trinajstić information content (AvgIpc) is 2.42. The monoisotopic (exact) mass is 255 g/mol. The van der Waals surface area contributed by atoms with E-state index in [0.717, 1.165) is 32.1 Å². The van der Waals surface area contributed by atoms with E-state index in [-0.39, 0.29) is 5.41 Å². The third-order valence-corrected chi connectivity index (χ3v) is 4.76. The van der Waals surface area contributed by atoms with Crippen molar-refractivity contribution >= 4 is 0 Å². The SMILES string of the molecule is CC1(C)CCC(C#N)(CCCc2ccccc2)CC1. The molecule has 1 nitrogen and oxygen atoms in total. The Hall–Kier alpha value is -1.29. The number of rotatable bonds is 4. The second kappa shape index (κ2) is 5.78. The van der Waals surface area contributed by atoms with Crippen LogP contribution in [0, 0.1) is 22.2 Å². The molecule has 0 atom stereocenters. The van der Waals surface area contributed by atoms with E-state index in [2.05, 4.69) is 50.2 Å². The smallest absolute Gasteiger partial charge is 0.0689 e. The van der Waals surface area contributed by atoms with Crippen molar-refractivity contribution in [2.75, 3.05) is 0 Å². The lowest BCUT2D eigenvalue weighted by Gasteiger charge is -2.39. The van der Waals surface area contributed by atoms with Gasteiger partial charge in [-0.1, -0.05) is 44.2 Å². The van der Waals surface area contributed by atoms with Gasteiger partial charge in [-0.05, 0) is 55.9 Å². The summed E-state index contributed by atoms with van der Waals surface area (Å²) in [4.78, 5) is 0. The van der Waals surface area contributed by atoms with Gasteiger partial charge in [-0.2, -0.15) is 5.26 Å². The summed E-state index contributed by atoms with van der Waals surface area (Å²) in [6.45, 7) is 4.66. The molecule has 1 aromatic carbocycles. The Morgan fingerprint density at radius 2 is 1.68 bits per heavy atom. The molecule has 1 fully saturated rings. The van der Waals surface area contributed by atoms with E-state index in [4.69, 9.17) is 0 Å². The summed E-state index contributed by atoms with van der Waals surface area (Å²) in [6.07, 6.45) is 7.88. The van der Waals surface area contributed by atoms with Gasteiger partial charge >= 0.3 is 0 Å². The zero-order valence-electron chi connectivity index (χ0n) is 12.3. The van der Waals surface area contributed by atoms with Gasteiger partial charge in [0, 0.05) is 0 Å². The average molecular weight is 255 g/mol. The molecule has 1 saturated carbocycles. The fourth-order valence-corrected chi connectivity index (χ4v) is 3.10. The van der Waals surface area contributed by atoms with Crippen molar-refractivity contribution in [1.29, 1.82) is 5.26 Å². The summed E-state index contributed by atoms with van der Waals surface area (Å²) in [7, 11) is 0. The summed E-state index contributed by atoms with van der Waals surface area (Å²) in [5.74, 6) is 0. The van der Waals surface area contributed by atoms with Crippen LogP contribution in [0.15, 0.2) is 30.3 Å². The summed E-state index contributed by atoms with van der Waals surface area (Å²) in [5.41, 5.74) is 1.80. The molecule has 1 aliphatic rings. The molecule has 1 heteroatoms. The van der Waals surface area contributed by atoms with Gasteiger partial charge in [0.2, 0.25) is 0 Å². The molecule has 0 aromatic heterocycles. The maximum Gasteiger partial charge on any atom is 0.0689 e. The van der Waals surface area contributed by atoms with E-state index in [9.17, 15) is 5.26 Å². The van der Waals surface area contributed by atoms with Gasteiger partial charge in [0.05, 0.1) is 11.5 Å². The zero-order chi connectivity index (χ0) is 13.8. The van der Waals surface area contributed by atoms with Crippen LogP contribution >= 0.6 is 0 Å². The first-order chi connectivity index (χ1) is 9.05. The number of benzene rings is 1. The predicted octanol–water partition coefficient (Wildman–Crippen LogP) is 5.12. The lowest BCUT2D eigenvalue weighted by atomic mass is 9.64. The molecule has 2 rings (SSSR count). The number of nitrogens with zero attached hydrogens (tertiary/aromatic N) is 1. The Labute approximate surface area is 117 Å². The predicted molar refractivity (Wildman–Crippen MR) is 79.7 cm³/mol. The van der Waals surface area contributed by atoms with Gasteiger partial charge in [0.1, 0.15) is 0 Å². The third-order valence-electron chi connectivity index (χ3n) is 4.76. The Bertz CT molecular complexity index is 429. The first kappa shape index (κ1) is 14.1. The molecule has 19 heavy (non-hydrogen) atoms. The second-order valence-electron chi connectivity index (χ2n) is 6.90. The lowest BCUT2D eigenvalue weighted by molar-refractivity contribution is 0.136. The normalized spacial score (nSPS) is 20.7. The molecule has 0 aliphatic heterocycles. The van der Waals surface area contributed by atoms with Crippen LogP contribution in [0.4, 0.5) is 0 Å². The number of nitriles is 1. The fourth-order valence-electron chi connectivity index (χ4n) is 3.10. The molecule has 0 bridgehead atoms. The van der Waals surface area contributed by atoms with Gasteiger partial charge in [-0.3, -0.25) is 0 Å². The Morgan fingerprint density at radius 1 is 1.05 bits per heavy atom. The Morgan fingerprint density at radius 3 is 2.26 bits per heavy atom. The van der Waals surface area contributed by atoms with Crippen LogP contribution in [-0.4, -0.2) is 0 Å². The highest BCUT2D eigenvalue weighted by atomic mass is 14.4. The van der Waals surface area contributed by atoms with Crippen molar-refractivity contribution < 1.29 is 0 Å². The van der Waals surface area contributed by atoms with Gasteiger partial charge in [-0.15, -0.1) is 0 Å². The van der Waals surface area contributed by atoms with Crippen molar-refractivity contribution in [3.63, 3.8) is 0 Å². The van der Waals surface area contributed by atoms with Gasteiger partial charge in [0.25, 0.3) is 0 Å². The van der Waals surface area contributed by atoms with E-state index >= 15 is 0 Å². The highest BCUT2D eigenvalue weighted by Gasteiger charge is 2.37. The van der Waals surface area contributed by atoms with Crippen molar-refractivity contribution in [3.05, 3.63) is 35.9 Å². The minimum Gasteiger partial charge on any atom is -0.198 e. The quantitative estimate of drug-likeness (QED) is 0.732. The van der Waals surface area contributed by atoms with Crippen molar-refractivity contribution in [2.45, 2.75) is 58.8 Å². The number of hydrogen-bond donors (Lipinski definition) is 0. The van der Waals surface area contributed by atoms with E-state index in [1.807, 2.05) is 0 Å². The van der Waals surface area contributed by atoms with E-state index in [0.29, 0.717) is 5.41 Å². The molecule has 1 aliphatic carbocycles. The van der Waals surface area contributed by atoms with E-state index < -0.39 is 0 Å². The molecular weight excluding hydrogens is 230 g/mol. The molecule has 1 aromatic rings. The summed E-state index contributed by atoms with van der Waals surface area (Å²) >= 11 is 0. The first-order valence-electron chi connectivity index (χ1n) is 7.51. The van der Waals surface area contributed by atoms with Crippen LogP contribution in [0.1, 0.15) is 57.9 Å². The van der Waals surface area contributed by atoms with Crippen LogP contribution in [0.2, 0.25) is 0 Å². The van der Waals surface area contributed by atoms with Crippen LogP contribution in [-0.2, 0) is 6.42 Å². The van der Waals surface area contributed by atoms with Gasteiger partial charge < -0.3 is 0 Å². The minimum absolute atomic E-state index is 0.0374. The van der Waals surface area contributed by atoms with Crippen LogP contribution < -0.4 is 0 Å². The standard InChI is InChI=1S/C18H25N/c1-17(2)11-13-18(15-19,14-12-17)10-6-9-16-7-4-3-5-8-16/h3-5,7-8H,6,9-14H2,1-2H3. The highest BCUT2D eigenvalue weighted by Crippen LogP contribution is 2.47. The Balaban J connectivity index is 1.85. The maximum atomic E-state index is 9.56. The van der Waals surface area contributed by atoms with Gasteiger partial charge in [-0.25, -0.2) is 0 Å². The molecule has 102 valence electrons.